The number of rotatable bonds is 7. The van der Waals surface area contributed by atoms with Gasteiger partial charge in [0.25, 0.3) is 0 Å². The minimum atomic E-state index is 0.327. The summed E-state index contributed by atoms with van der Waals surface area (Å²) in [6, 6.07) is 16.8. The van der Waals surface area contributed by atoms with Gasteiger partial charge in [-0.25, -0.2) is 0 Å². The molecule has 2 rings (SSSR count). The number of benzene rings is 2. The molecule has 0 spiro atoms. The number of hydrogen-bond acceptors (Lipinski definition) is 1. The van der Waals surface area contributed by atoms with Gasteiger partial charge in [0, 0.05) is 6.04 Å². The Morgan fingerprint density at radius 2 is 1.76 bits per heavy atom. The molecule has 0 saturated carbocycles. The van der Waals surface area contributed by atoms with Gasteiger partial charge < -0.3 is 5.32 Å². The summed E-state index contributed by atoms with van der Waals surface area (Å²) in [5.41, 5.74) is 2.60. The molecule has 0 bridgehead atoms. The fourth-order valence-corrected chi connectivity index (χ4v) is 2.82. The predicted octanol–water partition coefficient (Wildman–Crippen LogP) is 5.67. The van der Waals surface area contributed by atoms with Gasteiger partial charge in [-0.2, -0.15) is 0 Å². The molecule has 1 atom stereocenters. The summed E-state index contributed by atoms with van der Waals surface area (Å²) >= 11 is 12.1. The average Bonchev–Trinajstić information content (AvgIpc) is 2.50. The third-order valence-corrected chi connectivity index (χ3v) is 4.34. The highest BCUT2D eigenvalue weighted by atomic mass is 35.5. The van der Waals surface area contributed by atoms with Crippen LogP contribution in [-0.2, 0) is 6.42 Å². The summed E-state index contributed by atoms with van der Waals surface area (Å²) in [6.07, 6.45) is 3.33. The molecule has 0 aliphatic rings. The van der Waals surface area contributed by atoms with Crippen LogP contribution in [0.4, 0.5) is 0 Å². The standard InChI is InChI=1S/C18H21Cl2N/c1-2-21-18(15-11-12-16(19)17(20)13-15)10-6-9-14-7-4-3-5-8-14/h3-5,7-8,11-13,18,21H,2,6,9-10H2,1H3. The number of hydrogen-bond donors (Lipinski definition) is 1. The van der Waals surface area contributed by atoms with Crippen molar-refractivity contribution in [3.63, 3.8) is 0 Å². The van der Waals surface area contributed by atoms with Gasteiger partial charge in [-0.1, -0.05) is 66.5 Å². The Bertz CT molecular complexity index is 554. The molecule has 0 aliphatic heterocycles. The molecule has 1 unspecified atom stereocenters. The first kappa shape index (κ1) is 16.4. The zero-order chi connectivity index (χ0) is 15.1. The lowest BCUT2D eigenvalue weighted by Crippen LogP contribution is -2.21. The van der Waals surface area contributed by atoms with Gasteiger partial charge in [-0.15, -0.1) is 0 Å². The Labute approximate surface area is 137 Å². The van der Waals surface area contributed by atoms with Crippen molar-refractivity contribution in [3.8, 4) is 0 Å². The van der Waals surface area contributed by atoms with Crippen LogP contribution in [0.3, 0.4) is 0 Å². The van der Waals surface area contributed by atoms with Crippen LogP contribution >= 0.6 is 23.2 Å². The lowest BCUT2D eigenvalue weighted by Gasteiger charge is -2.19. The van der Waals surface area contributed by atoms with Gasteiger partial charge in [0.15, 0.2) is 0 Å². The monoisotopic (exact) mass is 321 g/mol. The minimum Gasteiger partial charge on any atom is -0.310 e. The Kier molecular flexibility index (Phi) is 6.56. The van der Waals surface area contributed by atoms with Gasteiger partial charge in [0.2, 0.25) is 0 Å². The summed E-state index contributed by atoms with van der Waals surface area (Å²) in [6.45, 7) is 3.07. The highest BCUT2D eigenvalue weighted by molar-refractivity contribution is 6.42. The van der Waals surface area contributed by atoms with Crippen LogP contribution in [0.25, 0.3) is 0 Å². The second-order valence-electron chi connectivity index (χ2n) is 5.16. The third-order valence-electron chi connectivity index (χ3n) is 3.60. The van der Waals surface area contributed by atoms with Crippen LogP contribution in [0.5, 0.6) is 0 Å². The third kappa shape index (κ3) is 5.03. The maximum atomic E-state index is 6.13. The molecule has 112 valence electrons. The van der Waals surface area contributed by atoms with Crippen LogP contribution in [-0.4, -0.2) is 6.54 Å². The van der Waals surface area contributed by atoms with Gasteiger partial charge in [-0.05, 0) is 49.1 Å². The van der Waals surface area contributed by atoms with Crippen LogP contribution < -0.4 is 5.32 Å². The SMILES string of the molecule is CCNC(CCCc1ccccc1)c1ccc(Cl)c(Cl)c1. The van der Waals surface area contributed by atoms with Crippen molar-refractivity contribution >= 4 is 23.2 Å². The maximum Gasteiger partial charge on any atom is 0.0595 e. The molecule has 0 radical (unpaired) electrons. The first-order valence-electron chi connectivity index (χ1n) is 7.43. The quantitative estimate of drug-likeness (QED) is 0.693. The summed E-state index contributed by atoms with van der Waals surface area (Å²) in [7, 11) is 0. The Morgan fingerprint density at radius 1 is 1.00 bits per heavy atom. The lowest BCUT2D eigenvalue weighted by atomic mass is 9.99. The molecule has 1 N–H and O–H groups in total. The second kappa shape index (κ2) is 8.43. The molecule has 2 aromatic rings. The van der Waals surface area contributed by atoms with Gasteiger partial charge in [0.05, 0.1) is 10.0 Å². The molecule has 0 aromatic heterocycles. The van der Waals surface area contributed by atoms with E-state index in [9.17, 15) is 0 Å². The molecule has 0 aliphatic carbocycles. The summed E-state index contributed by atoms with van der Waals surface area (Å²) in [4.78, 5) is 0. The summed E-state index contributed by atoms with van der Waals surface area (Å²) in [5, 5.41) is 4.77. The largest absolute Gasteiger partial charge is 0.310 e. The molecular formula is C18H21Cl2N. The van der Waals surface area contributed by atoms with Crippen LogP contribution in [0.2, 0.25) is 10.0 Å². The van der Waals surface area contributed by atoms with E-state index in [2.05, 4.69) is 48.6 Å². The van der Waals surface area contributed by atoms with E-state index in [1.165, 1.54) is 11.1 Å². The van der Waals surface area contributed by atoms with Crippen LogP contribution in [0.15, 0.2) is 48.5 Å². The second-order valence-corrected chi connectivity index (χ2v) is 5.98. The van der Waals surface area contributed by atoms with E-state index >= 15 is 0 Å². The van der Waals surface area contributed by atoms with Gasteiger partial charge in [0.1, 0.15) is 0 Å². The highest BCUT2D eigenvalue weighted by Crippen LogP contribution is 2.27. The predicted molar refractivity (Wildman–Crippen MR) is 92.3 cm³/mol. The van der Waals surface area contributed by atoms with Crippen molar-refractivity contribution in [2.45, 2.75) is 32.2 Å². The van der Waals surface area contributed by atoms with E-state index in [4.69, 9.17) is 23.2 Å². The van der Waals surface area contributed by atoms with Crippen LogP contribution in [0, 0.1) is 0 Å². The van der Waals surface area contributed by atoms with Crippen molar-refractivity contribution < 1.29 is 0 Å². The lowest BCUT2D eigenvalue weighted by molar-refractivity contribution is 0.498. The molecule has 0 saturated heterocycles. The van der Waals surface area contributed by atoms with E-state index in [1.807, 2.05) is 12.1 Å². The summed E-state index contributed by atoms with van der Waals surface area (Å²) < 4.78 is 0. The maximum absolute atomic E-state index is 6.13. The average molecular weight is 322 g/mol. The molecule has 0 amide bonds. The Hall–Kier alpha value is -1.02. The molecule has 1 nitrogen and oxygen atoms in total. The zero-order valence-corrected chi connectivity index (χ0v) is 13.8. The van der Waals surface area contributed by atoms with Gasteiger partial charge >= 0.3 is 0 Å². The van der Waals surface area contributed by atoms with E-state index in [0.29, 0.717) is 16.1 Å². The Balaban J connectivity index is 1.97. The van der Waals surface area contributed by atoms with E-state index in [-0.39, 0.29) is 0 Å². The fraction of sp³-hybridized carbons (Fsp3) is 0.333. The molecule has 3 heteroatoms. The first-order chi connectivity index (χ1) is 10.2. The minimum absolute atomic E-state index is 0.327. The molecule has 2 aromatic carbocycles. The van der Waals surface area contributed by atoms with Crippen molar-refractivity contribution in [2.75, 3.05) is 6.54 Å². The summed E-state index contributed by atoms with van der Waals surface area (Å²) in [5.74, 6) is 0. The topological polar surface area (TPSA) is 12.0 Å². The molecular weight excluding hydrogens is 301 g/mol. The number of aryl methyl sites for hydroxylation is 1. The first-order valence-corrected chi connectivity index (χ1v) is 8.18. The van der Waals surface area contributed by atoms with Crippen LogP contribution in [0.1, 0.15) is 36.9 Å². The normalized spacial score (nSPS) is 12.3. The van der Waals surface area contributed by atoms with E-state index in [0.717, 1.165) is 25.8 Å². The highest BCUT2D eigenvalue weighted by Gasteiger charge is 2.11. The number of nitrogens with one attached hydrogen (secondary N) is 1. The molecule has 21 heavy (non-hydrogen) atoms. The number of halogens is 2. The van der Waals surface area contributed by atoms with E-state index < -0.39 is 0 Å². The molecule has 0 heterocycles. The fourth-order valence-electron chi connectivity index (χ4n) is 2.52. The molecule has 0 fully saturated rings. The van der Waals surface area contributed by atoms with Crippen molar-refractivity contribution in [1.82, 2.24) is 5.32 Å². The van der Waals surface area contributed by atoms with Crippen molar-refractivity contribution in [1.29, 1.82) is 0 Å². The van der Waals surface area contributed by atoms with Crippen molar-refractivity contribution in [2.24, 2.45) is 0 Å². The van der Waals surface area contributed by atoms with E-state index in [1.54, 1.807) is 0 Å². The van der Waals surface area contributed by atoms with Gasteiger partial charge in [-0.3, -0.25) is 0 Å². The Morgan fingerprint density at radius 3 is 2.43 bits per heavy atom. The zero-order valence-electron chi connectivity index (χ0n) is 12.3. The smallest absolute Gasteiger partial charge is 0.0595 e. The van der Waals surface area contributed by atoms with Crippen molar-refractivity contribution in [3.05, 3.63) is 69.7 Å².